The maximum Gasteiger partial charge on any atom is 0.254 e. The minimum atomic E-state index is 0.0270. The van der Waals surface area contributed by atoms with E-state index in [2.05, 4.69) is 68.9 Å². The van der Waals surface area contributed by atoms with Crippen molar-refractivity contribution >= 4 is 38.7 Å². The van der Waals surface area contributed by atoms with Crippen molar-refractivity contribution in [2.24, 2.45) is 0 Å². The van der Waals surface area contributed by atoms with E-state index in [1.165, 1.54) is 5.56 Å². The van der Waals surface area contributed by atoms with Crippen LogP contribution in [0.15, 0.2) is 71.5 Å². The van der Waals surface area contributed by atoms with Crippen LogP contribution < -0.4 is 4.90 Å². The topological polar surface area (TPSA) is 62.2 Å². The minimum absolute atomic E-state index is 0.0270. The summed E-state index contributed by atoms with van der Waals surface area (Å²) < 4.78 is 0.927. The van der Waals surface area contributed by atoms with Gasteiger partial charge in [0.2, 0.25) is 5.95 Å². The lowest BCUT2D eigenvalue weighted by atomic mass is 9.99. The molecule has 0 saturated carbocycles. The average molecular weight is 516 g/mol. The Balaban J connectivity index is 1.47. The molecule has 3 heterocycles. The third-order valence-corrected chi connectivity index (χ3v) is 6.77. The van der Waals surface area contributed by atoms with E-state index in [1.807, 2.05) is 35.2 Å². The number of aromatic nitrogens is 3. The molecule has 1 aliphatic rings. The summed E-state index contributed by atoms with van der Waals surface area (Å²) in [7, 11) is 0. The summed E-state index contributed by atoms with van der Waals surface area (Å²) in [6, 6.07) is 18.1. The molecule has 1 amide bonds. The van der Waals surface area contributed by atoms with Crippen molar-refractivity contribution in [3.63, 3.8) is 0 Å². The number of anilines is 1. The number of carbonyl (C=O) groups excluding carboxylic acids is 1. The van der Waals surface area contributed by atoms with Crippen molar-refractivity contribution in [2.75, 3.05) is 31.1 Å². The molecule has 0 spiro atoms. The number of piperazine rings is 1. The second-order valence-corrected chi connectivity index (χ2v) is 9.74. The van der Waals surface area contributed by atoms with Gasteiger partial charge in [-0.05, 0) is 41.8 Å². The maximum atomic E-state index is 13.7. The third-order valence-electron chi connectivity index (χ3n) is 6.28. The summed E-state index contributed by atoms with van der Waals surface area (Å²) in [4.78, 5) is 31.3. The molecule has 5 rings (SSSR count). The number of nitrogens with zero attached hydrogens (tertiary/aromatic N) is 5. The highest BCUT2D eigenvalue weighted by Gasteiger charge is 2.25. The van der Waals surface area contributed by atoms with E-state index in [1.54, 1.807) is 12.4 Å². The van der Waals surface area contributed by atoms with Crippen LogP contribution in [-0.2, 0) is 0 Å². The molecule has 2 aromatic carbocycles. The molecule has 0 unspecified atom stereocenters. The lowest BCUT2D eigenvalue weighted by molar-refractivity contribution is 0.0748. The van der Waals surface area contributed by atoms with Crippen LogP contribution in [0.4, 0.5) is 5.95 Å². The van der Waals surface area contributed by atoms with Gasteiger partial charge in [-0.3, -0.25) is 4.79 Å². The van der Waals surface area contributed by atoms with Crippen molar-refractivity contribution in [1.82, 2.24) is 19.9 Å². The number of hydrogen-bond donors (Lipinski definition) is 0. The molecule has 1 fully saturated rings. The van der Waals surface area contributed by atoms with E-state index in [-0.39, 0.29) is 5.91 Å². The zero-order valence-electron chi connectivity index (χ0n) is 19.3. The van der Waals surface area contributed by atoms with Crippen molar-refractivity contribution in [1.29, 1.82) is 0 Å². The van der Waals surface area contributed by atoms with E-state index in [4.69, 9.17) is 4.98 Å². The fourth-order valence-electron chi connectivity index (χ4n) is 4.30. The molecule has 0 aliphatic carbocycles. The molecular formula is C27H26BrN5O. The highest BCUT2D eigenvalue weighted by Crippen LogP contribution is 2.29. The molecule has 1 aliphatic heterocycles. The minimum Gasteiger partial charge on any atom is -0.337 e. The predicted molar refractivity (Wildman–Crippen MR) is 139 cm³/mol. The van der Waals surface area contributed by atoms with Gasteiger partial charge in [-0.15, -0.1) is 0 Å². The van der Waals surface area contributed by atoms with Gasteiger partial charge >= 0.3 is 0 Å². The van der Waals surface area contributed by atoms with Crippen molar-refractivity contribution in [2.45, 2.75) is 19.8 Å². The molecular weight excluding hydrogens is 490 g/mol. The molecule has 4 aromatic rings. The van der Waals surface area contributed by atoms with Crippen molar-refractivity contribution < 1.29 is 4.79 Å². The normalized spacial score (nSPS) is 14.1. The molecule has 0 radical (unpaired) electrons. The maximum absolute atomic E-state index is 13.7. The number of benzene rings is 2. The largest absolute Gasteiger partial charge is 0.337 e. The summed E-state index contributed by atoms with van der Waals surface area (Å²) in [5.41, 5.74) is 4.59. The lowest BCUT2D eigenvalue weighted by Crippen LogP contribution is -2.49. The summed E-state index contributed by atoms with van der Waals surface area (Å²) in [5, 5.41) is 0.857. The Morgan fingerprint density at radius 1 is 0.941 bits per heavy atom. The van der Waals surface area contributed by atoms with Gasteiger partial charge in [-0.2, -0.15) is 0 Å². The van der Waals surface area contributed by atoms with Crippen LogP contribution in [0, 0.1) is 0 Å². The Kier molecular flexibility index (Phi) is 6.28. The van der Waals surface area contributed by atoms with Crippen LogP contribution in [0.5, 0.6) is 0 Å². The molecule has 0 N–H and O–H groups in total. The molecule has 172 valence electrons. The quantitative estimate of drug-likeness (QED) is 0.357. The fourth-order valence-corrected chi connectivity index (χ4v) is 4.66. The van der Waals surface area contributed by atoms with E-state index >= 15 is 0 Å². The third kappa shape index (κ3) is 4.53. The first-order chi connectivity index (χ1) is 16.5. The van der Waals surface area contributed by atoms with E-state index in [0.29, 0.717) is 43.6 Å². The van der Waals surface area contributed by atoms with Gasteiger partial charge in [0, 0.05) is 54.0 Å². The Morgan fingerprint density at radius 2 is 1.65 bits per heavy atom. The van der Waals surface area contributed by atoms with Crippen LogP contribution in [0.25, 0.3) is 22.2 Å². The number of pyridine rings is 1. The SMILES string of the molecule is CC(C)c1ccc(-c2cc(C(=O)N3CCN(c4ncccn4)CC3)c3cc(Br)ccc3n2)cc1. The van der Waals surface area contributed by atoms with Crippen LogP contribution in [0.2, 0.25) is 0 Å². The van der Waals surface area contributed by atoms with Gasteiger partial charge < -0.3 is 9.80 Å². The van der Waals surface area contributed by atoms with E-state index in [0.717, 1.165) is 26.6 Å². The van der Waals surface area contributed by atoms with Crippen LogP contribution in [-0.4, -0.2) is 51.9 Å². The molecule has 2 aromatic heterocycles. The van der Waals surface area contributed by atoms with Gasteiger partial charge in [0.05, 0.1) is 16.8 Å². The Bertz CT molecular complexity index is 1320. The zero-order valence-corrected chi connectivity index (χ0v) is 20.9. The molecule has 0 bridgehead atoms. The van der Waals surface area contributed by atoms with Crippen LogP contribution in [0.1, 0.15) is 35.7 Å². The smallest absolute Gasteiger partial charge is 0.254 e. The van der Waals surface area contributed by atoms with Crippen molar-refractivity contribution in [3.8, 4) is 11.3 Å². The first-order valence-electron chi connectivity index (χ1n) is 11.5. The van der Waals surface area contributed by atoms with Gasteiger partial charge in [0.15, 0.2) is 0 Å². The van der Waals surface area contributed by atoms with E-state index < -0.39 is 0 Å². The van der Waals surface area contributed by atoms with E-state index in [9.17, 15) is 4.79 Å². The number of rotatable bonds is 4. The number of amides is 1. The second-order valence-electron chi connectivity index (χ2n) is 8.82. The lowest BCUT2D eigenvalue weighted by Gasteiger charge is -2.34. The molecule has 34 heavy (non-hydrogen) atoms. The highest BCUT2D eigenvalue weighted by molar-refractivity contribution is 9.10. The average Bonchev–Trinajstić information content (AvgIpc) is 2.88. The van der Waals surface area contributed by atoms with Crippen LogP contribution in [0.3, 0.4) is 0 Å². The first kappa shape index (κ1) is 22.5. The van der Waals surface area contributed by atoms with Crippen molar-refractivity contribution in [3.05, 3.63) is 82.6 Å². The number of carbonyl (C=O) groups is 1. The molecule has 7 heteroatoms. The Morgan fingerprint density at radius 3 is 2.32 bits per heavy atom. The van der Waals surface area contributed by atoms with Gasteiger partial charge in [-0.25, -0.2) is 15.0 Å². The summed E-state index contributed by atoms with van der Waals surface area (Å²) in [6.07, 6.45) is 3.49. The second kappa shape index (κ2) is 9.50. The summed E-state index contributed by atoms with van der Waals surface area (Å²) >= 11 is 3.56. The Hall–Kier alpha value is -3.32. The summed E-state index contributed by atoms with van der Waals surface area (Å²) in [5.74, 6) is 1.20. The Labute approximate surface area is 207 Å². The zero-order chi connectivity index (χ0) is 23.7. The standard InChI is InChI=1S/C27H26BrN5O/c1-18(2)19-4-6-20(7-5-19)25-17-23(22-16-21(28)8-9-24(22)31-25)26(34)32-12-14-33(15-13-32)27-29-10-3-11-30-27/h3-11,16-18H,12-15H2,1-2H3. The monoisotopic (exact) mass is 515 g/mol. The predicted octanol–water partition coefficient (Wildman–Crippen LogP) is 5.54. The molecule has 0 atom stereocenters. The highest BCUT2D eigenvalue weighted by atomic mass is 79.9. The molecule has 1 saturated heterocycles. The number of halogens is 1. The van der Waals surface area contributed by atoms with Crippen LogP contribution >= 0.6 is 15.9 Å². The number of fused-ring (bicyclic) bond motifs is 1. The number of hydrogen-bond acceptors (Lipinski definition) is 5. The fraction of sp³-hybridized carbons (Fsp3) is 0.259. The molecule has 6 nitrogen and oxygen atoms in total. The first-order valence-corrected chi connectivity index (χ1v) is 12.3. The summed E-state index contributed by atoms with van der Waals surface area (Å²) in [6.45, 7) is 7.00. The van der Waals surface area contributed by atoms with Gasteiger partial charge in [-0.1, -0.05) is 54.0 Å². The van der Waals surface area contributed by atoms with Gasteiger partial charge in [0.25, 0.3) is 5.91 Å². The van der Waals surface area contributed by atoms with Gasteiger partial charge in [0.1, 0.15) is 0 Å².